The number of likely N-dealkylation sites (N-methyl/N-ethyl adjacent to an activating group) is 1. The Morgan fingerprint density at radius 1 is 0.911 bits per heavy atom. The summed E-state index contributed by atoms with van der Waals surface area (Å²) in [6.07, 6.45) is -2.62. The van der Waals surface area contributed by atoms with Crippen LogP contribution in [0.5, 0.6) is 28.7 Å². The molecule has 1 aliphatic heterocycles. The monoisotopic (exact) mass is 646 g/mol. The Bertz CT molecular complexity index is 1730. The molecule has 3 aromatic carbocycles. The zero-order chi connectivity index (χ0) is 32.0. The van der Waals surface area contributed by atoms with Crippen LogP contribution in [0, 0.1) is 0 Å². The van der Waals surface area contributed by atoms with Gasteiger partial charge < -0.3 is 28.7 Å². The molecule has 0 atom stereocenters. The number of nitrogens with one attached hydrogen (secondary N) is 1. The van der Waals surface area contributed by atoms with Crippen molar-refractivity contribution < 1.29 is 40.5 Å². The molecule has 45 heavy (non-hydrogen) atoms. The Morgan fingerprint density at radius 3 is 2.44 bits per heavy atom. The second-order valence-corrected chi connectivity index (χ2v) is 12.1. The fraction of sp³-hybridized carbons (Fsp3) is 0.323. The van der Waals surface area contributed by atoms with E-state index in [-0.39, 0.29) is 11.4 Å². The van der Waals surface area contributed by atoms with Crippen LogP contribution in [0.2, 0.25) is 0 Å². The molecule has 1 aromatic heterocycles. The normalized spacial score (nSPS) is 14.7. The van der Waals surface area contributed by atoms with E-state index in [1.54, 1.807) is 43.6 Å². The summed E-state index contributed by atoms with van der Waals surface area (Å²) in [5, 5.41) is 0.628. The molecule has 240 valence electrons. The van der Waals surface area contributed by atoms with Gasteiger partial charge in [0.15, 0.2) is 11.5 Å². The zero-order valence-electron chi connectivity index (χ0n) is 24.7. The SMILES string of the molecule is COc1cc2c(Oc3cccc(NS(=O)(=O)c4ccccc4OC(F)(F)F)c3)ccnc2cc1OCCCN1CCN(C)CC1. The molecular formula is C31H33F3N4O6S. The highest BCUT2D eigenvalue weighted by Gasteiger charge is 2.34. The molecule has 0 bridgehead atoms. The summed E-state index contributed by atoms with van der Waals surface area (Å²) in [4.78, 5) is 8.52. The van der Waals surface area contributed by atoms with Crippen LogP contribution in [0.25, 0.3) is 10.9 Å². The molecule has 1 N–H and O–H groups in total. The molecule has 1 aliphatic rings. The molecule has 1 saturated heterocycles. The second-order valence-electron chi connectivity index (χ2n) is 10.4. The lowest BCUT2D eigenvalue weighted by atomic mass is 10.1. The van der Waals surface area contributed by atoms with Crippen molar-refractivity contribution in [2.24, 2.45) is 0 Å². The topological polar surface area (TPSA) is 102 Å². The van der Waals surface area contributed by atoms with Gasteiger partial charge in [0.2, 0.25) is 0 Å². The van der Waals surface area contributed by atoms with Gasteiger partial charge in [0, 0.05) is 56.4 Å². The molecule has 0 unspecified atom stereocenters. The lowest BCUT2D eigenvalue weighted by Crippen LogP contribution is -2.44. The van der Waals surface area contributed by atoms with Gasteiger partial charge in [-0.15, -0.1) is 13.2 Å². The minimum Gasteiger partial charge on any atom is -0.493 e. The number of rotatable bonds is 12. The first kappa shape index (κ1) is 32.1. The van der Waals surface area contributed by atoms with Gasteiger partial charge in [-0.25, -0.2) is 8.42 Å². The third kappa shape index (κ3) is 8.47. The third-order valence-electron chi connectivity index (χ3n) is 7.14. The number of hydrogen-bond acceptors (Lipinski definition) is 9. The van der Waals surface area contributed by atoms with Crippen LogP contribution in [0.4, 0.5) is 18.9 Å². The summed E-state index contributed by atoms with van der Waals surface area (Å²) in [6, 6.07) is 15.7. The van der Waals surface area contributed by atoms with E-state index in [2.05, 4.69) is 31.3 Å². The van der Waals surface area contributed by atoms with Crippen molar-refractivity contribution in [3.8, 4) is 28.7 Å². The molecule has 10 nitrogen and oxygen atoms in total. The summed E-state index contributed by atoms with van der Waals surface area (Å²) in [5.41, 5.74) is 0.665. The minimum absolute atomic E-state index is 0.0671. The first-order valence-corrected chi connectivity index (χ1v) is 15.6. The Kier molecular flexibility index (Phi) is 9.85. The van der Waals surface area contributed by atoms with Crippen molar-refractivity contribution in [3.05, 3.63) is 72.9 Å². The number of anilines is 1. The van der Waals surface area contributed by atoms with E-state index in [0.29, 0.717) is 34.8 Å². The number of methoxy groups -OCH3 is 1. The predicted molar refractivity (Wildman–Crippen MR) is 163 cm³/mol. The number of hydrogen-bond donors (Lipinski definition) is 1. The van der Waals surface area contributed by atoms with E-state index >= 15 is 0 Å². The van der Waals surface area contributed by atoms with E-state index < -0.39 is 27.0 Å². The van der Waals surface area contributed by atoms with Gasteiger partial charge >= 0.3 is 6.36 Å². The van der Waals surface area contributed by atoms with Gasteiger partial charge in [-0.1, -0.05) is 18.2 Å². The summed E-state index contributed by atoms with van der Waals surface area (Å²) in [7, 11) is -0.776. The van der Waals surface area contributed by atoms with Gasteiger partial charge in [-0.05, 0) is 49.9 Å². The maximum atomic E-state index is 13.0. The minimum atomic E-state index is -5.06. The maximum Gasteiger partial charge on any atom is 0.573 e. The van der Waals surface area contributed by atoms with Crippen LogP contribution in [0.1, 0.15) is 6.42 Å². The average Bonchev–Trinajstić information content (AvgIpc) is 2.99. The van der Waals surface area contributed by atoms with Crippen molar-refractivity contribution in [1.29, 1.82) is 0 Å². The van der Waals surface area contributed by atoms with E-state index in [4.69, 9.17) is 14.2 Å². The maximum absolute atomic E-state index is 13.0. The van der Waals surface area contributed by atoms with Crippen molar-refractivity contribution in [3.63, 3.8) is 0 Å². The molecule has 1 fully saturated rings. The molecule has 4 aromatic rings. The van der Waals surface area contributed by atoms with Crippen molar-refractivity contribution in [2.75, 3.05) is 58.2 Å². The Labute approximate surface area is 259 Å². The molecule has 0 radical (unpaired) electrons. The Hall–Kier alpha value is -4.27. The number of sulfonamides is 1. The number of fused-ring (bicyclic) bond motifs is 1. The van der Waals surface area contributed by atoms with Crippen LogP contribution >= 0.6 is 0 Å². The van der Waals surface area contributed by atoms with Crippen LogP contribution in [0.15, 0.2) is 77.8 Å². The van der Waals surface area contributed by atoms with E-state index in [1.165, 1.54) is 24.3 Å². The number of ether oxygens (including phenoxy) is 4. The number of pyridine rings is 1. The van der Waals surface area contributed by atoms with Gasteiger partial charge in [0.25, 0.3) is 10.0 Å². The summed E-state index contributed by atoms with van der Waals surface area (Å²) in [5.74, 6) is 0.899. The first-order valence-electron chi connectivity index (χ1n) is 14.2. The van der Waals surface area contributed by atoms with E-state index in [0.717, 1.165) is 51.3 Å². The van der Waals surface area contributed by atoms with Crippen molar-refractivity contribution >= 4 is 26.6 Å². The lowest BCUT2D eigenvalue weighted by molar-refractivity contribution is -0.275. The van der Waals surface area contributed by atoms with E-state index in [9.17, 15) is 21.6 Å². The van der Waals surface area contributed by atoms with Gasteiger partial charge in [0.05, 0.1) is 24.9 Å². The smallest absolute Gasteiger partial charge is 0.493 e. The average molecular weight is 647 g/mol. The number of aromatic nitrogens is 1. The summed E-state index contributed by atoms with van der Waals surface area (Å²) >= 11 is 0. The van der Waals surface area contributed by atoms with Gasteiger partial charge in [0.1, 0.15) is 22.1 Å². The second kappa shape index (κ2) is 13.8. The van der Waals surface area contributed by atoms with Crippen LogP contribution in [-0.4, -0.2) is 83.1 Å². The highest BCUT2D eigenvalue weighted by atomic mass is 32.2. The zero-order valence-corrected chi connectivity index (χ0v) is 25.5. The molecule has 0 saturated carbocycles. The quantitative estimate of drug-likeness (QED) is 0.193. The molecule has 2 heterocycles. The number of halogens is 3. The van der Waals surface area contributed by atoms with Gasteiger partial charge in [-0.2, -0.15) is 0 Å². The number of alkyl halides is 3. The Balaban J connectivity index is 1.29. The fourth-order valence-corrected chi connectivity index (χ4v) is 6.05. The summed E-state index contributed by atoms with van der Waals surface area (Å²) in [6.45, 7) is 5.67. The van der Waals surface area contributed by atoms with E-state index in [1.807, 2.05) is 0 Å². The van der Waals surface area contributed by atoms with Crippen LogP contribution in [0.3, 0.4) is 0 Å². The van der Waals surface area contributed by atoms with Crippen molar-refractivity contribution in [2.45, 2.75) is 17.7 Å². The molecule has 0 aliphatic carbocycles. The third-order valence-corrected chi connectivity index (χ3v) is 8.56. The largest absolute Gasteiger partial charge is 0.573 e. The number of piperazine rings is 1. The van der Waals surface area contributed by atoms with Crippen LogP contribution < -0.4 is 23.7 Å². The fourth-order valence-electron chi connectivity index (χ4n) is 4.87. The lowest BCUT2D eigenvalue weighted by Gasteiger charge is -2.32. The highest BCUT2D eigenvalue weighted by molar-refractivity contribution is 7.92. The molecule has 0 amide bonds. The number of nitrogens with zero attached hydrogens (tertiary/aromatic N) is 3. The predicted octanol–water partition coefficient (Wildman–Crippen LogP) is 5.75. The van der Waals surface area contributed by atoms with Crippen molar-refractivity contribution in [1.82, 2.24) is 14.8 Å². The molecule has 14 heteroatoms. The first-order chi connectivity index (χ1) is 21.5. The molecular weight excluding hydrogens is 613 g/mol. The number of para-hydroxylation sites is 1. The summed E-state index contributed by atoms with van der Waals surface area (Å²) < 4.78 is 88.5. The highest BCUT2D eigenvalue weighted by Crippen LogP contribution is 2.38. The van der Waals surface area contributed by atoms with Crippen LogP contribution in [-0.2, 0) is 10.0 Å². The number of benzene rings is 3. The molecule has 5 rings (SSSR count). The standard InChI is InChI=1S/C31H33F3N4O6S/c1-37-14-16-38(17-15-37)13-6-18-42-29-21-25-24(20-28(29)41-2)26(11-12-35-25)43-23-8-5-7-22(19-23)36-45(39,40)30-10-4-3-9-27(30)44-31(32,33)34/h3-5,7-12,19-21,36H,6,13-18H2,1-2H3. The Morgan fingerprint density at radius 2 is 1.69 bits per heavy atom. The van der Waals surface area contributed by atoms with Gasteiger partial charge in [-0.3, -0.25) is 9.71 Å². The molecule has 0 spiro atoms.